The van der Waals surface area contributed by atoms with E-state index in [9.17, 15) is 9.59 Å². The van der Waals surface area contributed by atoms with Crippen LogP contribution in [-0.2, 0) is 9.59 Å². The maximum atomic E-state index is 9.62. The van der Waals surface area contributed by atoms with Gasteiger partial charge in [0, 0.05) is 0 Å². The van der Waals surface area contributed by atoms with E-state index in [0.717, 1.165) is 12.2 Å². The van der Waals surface area contributed by atoms with Crippen molar-refractivity contribution in [3.8, 4) is 0 Å². The molecule has 1 aromatic rings. The Kier molecular flexibility index (Phi) is 19.9. The molecule has 0 aliphatic carbocycles. The number of amides is 4. The number of nitrogens with two attached hydrogens (primary N) is 2. The van der Waals surface area contributed by atoms with Gasteiger partial charge in [0.15, 0.2) is 0 Å². The second-order valence-corrected chi connectivity index (χ2v) is 2.71. The summed E-state index contributed by atoms with van der Waals surface area (Å²) in [6.45, 7) is 2.08. The van der Waals surface area contributed by atoms with Crippen molar-refractivity contribution in [1.82, 2.24) is 5.32 Å². The Morgan fingerprint density at radius 2 is 1.30 bits per heavy atom. The first kappa shape index (κ1) is 21.9. The van der Waals surface area contributed by atoms with Crippen molar-refractivity contribution < 1.29 is 19.2 Å². The smallest absolute Gasteiger partial charge is 0.320 e. The Morgan fingerprint density at radius 3 is 1.40 bits per heavy atom. The molecule has 7 N–H and O–H groups in total. The Balaban J connectivity index is -0.000000210. The largest absolute Gasteiger partial charge is 0.351 e. The maximum absolute atomic E-state index is 9.62. The summed E-state index contributed by atoms with van der Waals surface area (Å²) >= 11 is 0. The Labute approximate surface area is 115 Å². The highest BCUT2D eigenvalue weighted by Gasteiger charge is 1.92. The minimum atomic E-state index is -0.938. The summed E-state index contributed by atoms with van der Waals surface area (Å²) in [6, 6.07) is 8.39. The van der Waals surface area contributed by atoms with Crippen LogP contribution in [0, 0.1) is 17.7 Å². The van der Waals surface area contributed by atoms with Gasteiger partial charge in [-0.1, -0.05) is 35.9 Å². The number of carbonyl (C=O) groups excluding carboxylic acids is 4. The van der Waals surface area contributed by atoms with Crippen molar-refractivity contribution in [1.29, 1.82) is 10.8 Å². The van der Waals surface area contributed by atoms with Gasteiger partial charge in [-0.2, -0.15) is 0 Å². The first-order chi connectivity index (χ1) is 9.35. The number of urea groups is 2. The SMILES string of the molecule is Cc1ccccc1.N=C=O.N=C=O.NC(=O)NC(N)=O. The summed E-state index contributed by atoms with van der Waals surface area (Å²) in [5, 5.41) is 12.4. The monoisotopic (exact) mass is 281 g/mol. The Bertz CT molecular complexity index is 425. The summed E-state index contributed by atoms with van der Waals surface area (Å²) in [5.41, 5.74) is 10.2. The van der Waals surface area contributed by atoms with Crippen molar-refractivity contribution >= 4 is 24.2 Å². The van der Waals surface area contributed by atoms with Gasteiger partial charge in [-0.05, 0) is 6.92 Å². The van der Waals surface area contributed by atoms with Crippen LogP contribution < -0.4 is 16.8 Å². The summed E-state index contributed by atoms with van der Waals surface area (Å²) in [4.78, 5) is 35.9. The summed E-state index contributed by atoms with van der Waals surface area (Å²) < 4.78 is 0. The van der Waals surface area contributed by atoms with Crippen molar-refractivity contribution in [3.05, 3.63) is 35.9 Å². The summed E-state index contributed by atoms with van der Waals surface area (Å²) in [5.74, 6) is 0. The molecule has 0 atom stereocenters. The van der Waals surface area contributed by atoms with Crippen LogP contribution in [0.2, 0.25) is 0 Å². The van der Waals surface area contributed by atoms with E-state index >= 15 is 0 Å². The van der Waals surface area contributed by atoms with Crippen LogP contribution in [0.1, 0.15) is 5.56 Å². The average Bonchev–Trinajstić information content (AvgIpc) is 2.30. The van der Waals surface area contributed by atoms with Gasteiger partial charge in [-0.3, -0.25) is 5.32 Å². The number of rotatable bonds is 0. The molecule has 1 aromatic carbocycles. The van der Waals surface area contributed by atoms with Crippen molar-refractivity contribution in [2.24, 2.45) is 11.5 Å². The van der Waals surface area contributed by atoms with Crippen molar-refractivity contribution in [3.63, 3.8) is 0 Å². The van der Waals surface area contributed by atoms with E-state index in [-0.39, 0.29) is 0 Å². The normalized spacial score (nSPS) is 6.45. The summed E-state index contributed by atoms with van der Waals surface area (Å²) in [6.07, 6.45) is 1.50. The molecule has 20 heavy (non-hydrogen) atoms. The number of isocyanates is 2. The lowest BCUT2D eigenvalue weighted by Crippen LogP contribution is -2.38. The number of aryl methyl sites for hydroxylation is 1. The first-order valence-electron chi connectivity index (χ1n) is 4.80. The van der Waals surface area contributed by atoms with Crippen LogP contribution in [0.25, 0.3) is 0 Å². The fourth-order valence-corrected chi connectivity index (χ4v) is 0.656. The molecule has 9 nitrogen and oxygen atoms in total. The quantitative estimate of drug-likeness (QED) is 0.344. The highest BCUT2D eigenvalue weighted by atomic mass is 16.2. The summed E-state index contributed by atoms with van der Waals surface area (Å²) in [7, 11) is 0. The zero-order valence-corrected chi connectivity index (χ0v) is 10.7. The average molecular weight is 281 g/mol. The van der Waals surface area contributed by atoms with E-state index < -0.39 is 12.1 Å². The molecule has 9 heteroatoms. The predicted molar refractivity (Wildman–Crippen MR) is 70.3 cm³/mol. The Hall–Kier alpha value is -3.28. The molecule has 0 unspecified atom stereocenters. The lowest BCUT2D eigenvalue weighted by molar-refractivity contribution is 0.236. The lowest BCUT2D eigenvalue weighted by Gasteiger charge is -1.88. The minimum absolute atomic E-state index is 0.750. The third kappa shape index (κ3) is 36.4. The molecule has 0 aliphatic rings. The van der Waals surface area contributed by atoms with Crippen LogP contribution in [0.3, 0.4) is 0 Å². The Morgan fingerprint density at radius 1 is 1.00 bits per heavy atom. The van der Waals surface area contributed by atoms with Gasteiger partial charge in [0.1, 0.15) is 0 Å². The van der Waals surface area contributed by atoms with Gasteiger partial charge in [0.2, 0.25) is 12.2 Å². The second-order valence-electron chi connectivity index (χ2n) is 2.71. The van der Waals surface area contributed by atoms with Crippen LogP contribution in [-0.4, -0.2) is 24.2 Å². The van der Waals surface area contributed by atoms with E-state index in [4.69, 9.17) is 20.4 Å². The molecule has 1 rings (SSSR count). The van der Waals surface area contributed by atoms with E-state index in [1.165, 1.54) is 5.56 Å². The number of hydrogen-bond acceptors (Lipinski definition) is 6. The first-order valence-corrected chi connectivity index (χ1v) is 4.80. The maximum Gasteiger partial charge on any atom is 0.320 e. The molecule has 0 fully saturated rings. The topological polar surface area (TPSA) is 180 Å². The van der Waals surface area contributed by atoms with Gasteiger partial charge in [0.25, 0.3) is 0 Å². The molecule has 0 spiro atoms. The molecule has 0 aliphatic heterocycles. The minimum Gasteiger partial charge on any atom is -0.351 e. The van der Waals surface area contributed by atoms with E-state index in [1.807, 2.05) is 18.2 Å². The fourth-order valence-electron chi connectivity index (χ4n) is 0.656. The highest BCUT2D eigenvalue weighted by Crippen LogP contribution is 1.92. The molecule has 0 heterocycles. The zero-order valence-electron chi connectivity index (χ0n) is 10.7. The van der Waals surface area contributed by atoms with Gasteiger partial charge >= 0.3 is 12.1 Å². The van der Waals surface area contributed by atoms with Crippen LogP contribution in [0.4, 0.5) is 9.59 Å². The molecule has 0 bridgehead atoms. The molecular formula is C11H15N5O4. The third-order valence-corrected chi connectivity index (χ3v) is 1.19. The molecule has 0 radical (unpaired) electrons. The third-order valence-electron chi connectivity index (χ3n) is 1.19. The molecule has 0 saturated heterocycles. The number of imide groups is 1. The highest BCUT2D eigenvalue weighted by molar-refractivity contribution is 5.91. The molecule has 0 aromatic heterocycles. The number of nitrogens with one attached hydrogen (secondary N) is 3. The molecule has 108 valence electrons. The standard InChI is InChI=1S/C7H8.C2H5N3O2.2CHNO/c1-7-5-3-2-4-6-7;3-1(6)5-2(4)7;2*2-1-3/h2-6H,1H3;(H5,3,4,5,6,7);2*2H. The van der Waals surface area contributed by atoms with Gasteiger partial charge < -0.3 is 11.5 Å². The van der Waals surface area contributed by atoms with E-state index in [1.54, 1.807) is 5.32 Å². The van der Waals surface area contributed by atoms with Crippen LogP contribution in [0.15, 0.2) is 30.3 Å². The van der Waals surface area contributed by atoms with E-state index in [0.29, 0.717) is 0 Å². The second kappa shape index (κ2) is 18.1. The number of carbonyl (C=O) groups is 2. The number of hydrogen-bond donors (Lipinski definition) is 5. The lowest BCUT2D eigenvalue weighted by atomic mass is 10.2. The predicted octanol–water partition coefficient (Wildman–Crippen LogP) is 0.530. The van der Waals surface area contributed by atoms with Crippen LogP contribution >= 0.6 is 0 Å². The number of benzene rings is 1. The zero-order chi connectivity index (χ0) is 16.4. The molecule has 0 saturated carbocycles. The van der Waals surface area contributed by atoms with Crippen molar-refractivity contribution in [2.75, 3.05) is 0 Å². The van der Waals surface area contributed by atoms with Gasteiger partial charge in [0.05, 0.1) is 0 Å². The molecular weight excluding hydrogens is 266 g/mol. The molecule has 4 amide bonds. The van der Waals surface area contributed by atoms with Crippen molar-refractivity contribution in [2.45, 2.75) is 6.92 Å². The van der Waals surface area contributed by atoms with Crippen LogP contribution in [0.5, 0.6) is 0 Å². The number of primary amides is 2. The van der Waals surface area contributed by atoms with Gasteiger partial charge in [-0.25, -0.2) is 30.0 Å². The van der Waals surface area contributed by atoms with E-state index in [2.05, 4.69) is 30.5 Å². The fraction of sp³-hybridized carbons (Fsp3) is 0.0909. The van der Waals surface area contributed by atoms with Gasteiger partial charge in [-0.15, -0.1) is 0 Å².